The second-order valence-corrected chi connectivity index (χ2v) is 4.41. The quantitative estimate of drug-likeness (QED) is 0.679. The number of rotatable bonds is 9. The summed E-state index contributed by atoms with van der Waals surface area (Å²) in [5, 5.41) is 11.6. The van der Waals surface area contributed by atoms with E-state index in [0.717, 1.165) is 5.56 Å². The molecule has 0 aliphatic rings. The fraction of sp³-hybridized carbons (Fsp3) is 0.467. The predicted molar refractivity (Wildman–Crippen MR) is 75.3 cm³/mol. The van der Waals surface area contributed by atoms with Crippen LogP contribution in [0.15, 0.2) is 30.3 Å². The van der Waals surface area contributed by atoms with Crippen molar-refractivity contribution in [2.45, 2.75) is 32.2 Å². The van der Waals surface area contributed by atoms with Crippen LogP contribution in [0.2, 0.25) is 0 Å². The van der Waals surface area contributed by atoms with Gasteiger partial charge in [0.05, 0.1) is 12.6 Å². The van der Waals surface area contributed by atoms with Gasteiger partial charge in [-0.3, -0.25) is 9.59 Å². The lowest BCUT2D eigenvalue weighted by molar-refractivity contribution is -0.137. The lowest BCUT2D eigenvalue weighted by atomic mass is 10.0. The number of hydrogen-bond donors (Lipinski definition) is 2. The van der Waals surface area contributed by atoms with Crippen LogP contribution in [-0.4, -0.2) is 30.2 Å². The molecule has 0 bridgehead atoms. The molecule has 0 fully saturated rings. The van der Waals surface area contributed by atoms with Crippen molar-refractivity contribution in [3.63, 3.8) is 0 Å². The summed E-state index contributed by atoms with van der Waals surface area (Å²) < 4.78 is 5.13. The second-order valence-electron chi connectivity index (χ2n) is 4.41. The van der Waals surface area contributed by atoms with Crippen LogP contribution in [0.1, 0.15) is 37.8 Å². The van der Waals surface area contributed by atoms with Crippen LogP contribution < -0.4 is 5.32 Å². The lowest BCUT2D eigenvalue weighted by Crippen LogP contribution is -2.29. The Morgan fingerprint density at radius 3 is 2.55 bits per heavy atom. The number of aliphatic carboxylic acids is 1. The molecule has 0 aliphatic heterocycles. The van der Waals surface area contributed by atoms with Gasteiger partial charge in [0.1, 0.15) is 0 Å². The number of carboxylic acids is 1. The third-order valence-corrected chi connectivity index (χ3v) is 2.86. The number of nitrogens with one attached hydrogen (secondary N) is 1. The highest BCUT2D eigenvalue weighted by Crippen LogP contribution is 2.18. The average molecular weight is 279 g/mol. The molecule has 0 radical (unpaired) electrons. The minimum atomic E-state index is -0.866. The molecule has 1 unspecified atom stereocenters. The van der Waals surface area contributed by atoms with E-state index in [1.165, 1.54) is 0 Å². The Morgan fingerprint density at radius 2 is 1.95 bits per heavy atom. The van der Waals surface area contributed by atoms with E-state index in [9.17, 15) is 9.59 Å². The van der Waals surface area contributed by atoms with E-state index in [2.05, 4.69) is 5.32 Å². The summed E-state index contributed by atoms with van der Waals surface area (Å²) in [5.74, 6) is -0.993. The Balaban J connectivity index is 2.58. The smallest absolute Gasteiger partial charge is 0.303 e. The maximum Gasteiger partial charge on any atom is 0.303 e. The Bertz CT molecular complexity index is 419. The molecular weight excluding hydrogens is 258 g/mol. The van der Waals surface area contributed by atoms with Crippen molar-refractivity contribution in [2.75, 3.05) is 13.2 Å². The van der Waals surface area contributed by atoms with Crippen molar-refractivity contribution in [1.29, 1.82) is 0 Å². The summed E-state index contributed by atoms with van der Waals surface area (Å²) in [4.78, 5) is 22.5. The first-order valence-corrected chi connectivity index (χ1v) is 6.77. The van der Waals surface area contributed by atoms with Crippen LogP contribution in [0.5, 0.6) is 0 Å². The van der Waals surface area contributed by atoms with E-state index >= 15 is 0 Å². The van der Waals surface area contributed by atoms with Crippen molar-refractivity contribution in [3.05, 3.63) is 35.9 Å². The van der Waals surface area contributed by atoms with Gasteiger partial charge in [-0.1, -0.05) is 30.3 Å². The Kier molecular flexibility index (Phi) is 7.35. The van der Waals surface area contributed by atoms with Crippen molar-refractivity contribution in [1.82, 2.24) is 5.32 Å². The SMILES string of the molecule is CCOCCC(=O)NC(CCC(=O)O)c1ccccc1. The second kappa shape index (κ2) is 9.09. The van der Waals surface area contributed by atoms with Gasteiger partial charge in [-0.15, -0.1) is 0 Å². The van der Waals surface area contributed by atoms with Gasteiger partial charge in [0.25, 0.3) is 0 Å². The van der Waals surface area contributed by atoms with Crippen LogP contribution in [0.4, 0.5) is 0 Å². The number of ether oxygens (including phenoxy) is 1. The summed E-state index contributed by atoms with van der Waals surface area (Å²) in [6.07, 6.45) is 0.676. The van der Waals surface area contributed by atoms with Gasteiger partial charge in [0.15, 0.2) is 0 Å². The van der Waals surface area contributed by atoms with Crippen LogP contribution in [-0.2, 0) is 14.3 Å². The molecule has 0 heterocycles. The zero-order chi connectivity index (χ0) is 14.8. The van der Waals surface area contributed by atoms with Gasteiger partial charge >= 0.3 is 5.97 Å². The number of hydrogen-bond acceptors (Lipinski definition) is 3. The van der Waals surface area contributed by atoms with Gasteiger partial charge in [-0.25, -0.2) is 0 Å². The first-order chi connectivity index (χ1) is 9.63. The molecule has 1 rings (SSSR count). The molecule has 0 spiro atoms. The minimum Gasteiger partial charge on any atom is -0.481 e. The molecule has 1 atom stereocenters. The molecule has 5 nitrogen and oxygen atoms in total. The molecular formula is C15H21NO4. The highest BCUT2D eigenvalue weighted by molar-refractivity contribution is 5.76. The molecule has 0 saturated heterocycles. The minimum absolute atomic E-state index is 0.0191. The van der Waals surface area contributed by atoms with Gasteiger partial charge in [-0.2, -0.15) is 0 Å². The summed E-state index contributed by atoms with van der Waals surface area (Å²) in [7, 11) is 0. The van der Waals surface area contributed by atoms with Gasteiger partial charge in [0.2, 0.25) is 5.91 Å². The third-order valence-electron chi connectivity index (χ3n) is 2.86. The summed E-state index contributed by atoms with van der Waals surface area (Å²) in [5.41, 5.74) is 0.915. The number of amides is 1. The van der Waals surface area contributed by atoms with Crippen LogP contribution in [0, 0.1) is 0 Å². The molecule has 2 N–H and O–H groups in total. The largest absolute Gasteiger partial charge is 0.481 e. The maximum atomic E-state index is 11.8. The van der Waals surface area contributed by atoms with Crippen molar-refractivity contribution >= 4 is 11.9 Å². The van der Waals surface area contributed by atoms with Crippen molar-refractivity contribution in [2.24, 2.45) is 0 Å². The van der Waals surface area contributed by atoms with E-state index in [1.807, 2.05) is 37.3 Å². The standard InChI is InChI=1S/C15H21NO4/c1-2-20-11-10-14(17)16-13(8-9-15(18)19)12-6-4-3-5-7-12/h3-7,13H,2,8-11H2,1H3,(H,16,17)(H,18,19). The van der Waals surface area contributed by atoms with Crippen molar-refractivity contribution < 1.29 is 19.4 Å². The molecule has 0 aliphatic carbocycles. The molecule has 1 aromatic carbocycles. The molecule has 110 valence electrons. The topological polar surface area (TPSA) is 75.6 Å². The van der Waals surface area contributed by atoms with E-state index in [1.54, 1.807) is 0 Å². The first-order valence-electron chi connectivity index (χ1n) is 6.77. The molecule has 20 heavy (non-hydrogen) atoms. The molecule has 0 aromatic heterocycles. The number of benzene rings is 1. The number of carbonyl (C=O) groups excluding carboxylic acids is 1. The molecule has 1 aromatic rings. The summed E-state index contributed by atoms with van der Waals surface area (Å²) in [6.45, 7) is 2.83. The monoisotopic (exact) mass is 279 g/mol. The fourth-order valence-corrected chi connectivity index (χ4v) is 1.85. The molecule has 0 saturated carbocycles. The highest BCUT2D eigenvalue weighted by Gasteiger charge is 2.15. The van der Waals surface area contributed by atoms with E-state index in [0.29, 0.717) is 19.6 Å². The zero-order valence-corrected chi connectivity index (χ0v) is 11.7. The van der Waals surface area contributed by atoms with Crippen LogP contribution in [0.3, 0.4) is 0 Å². The van der Waals surface area contributed by atoms with Crippen LogP contribution in [0.25, 0.3) is 0 Å². The Labute approximate surface area is 118 Å². The predicted octanol–water partition coefficient (Wildman–Crippen LogP) is 2.14. The number of carboxylic acid groups (broad SMARTS) is 1. The van der Waals surface area contributed by atoms with Crippen molar-refractivity contribution in [3.8, 4) is 0 Å². The van der Waals surface area contributed by atoms with Gasteiger partial charge in [0, 0.05) is 19.4 Å². The van der Waals surface area contributed by atoms with Crippen LogP contribution >= 0.6 is 0 Å². The summed E-state index contributed by atoms with van der Waals surface area (Å²) in [6, 6.07) is 9.12. The summed E-state index contributed by atoms with van der Waals surface area (Å²) >= 11 is 0. The van der Waals surface area contributed by atoms with Gasteiger partial charge in [-0.05, 0) is 18.9 Å². The molecule has 5 heteroatoms. The third kappa shape index (κ3) is 6.33. The maximum absolute atomic E-state index is 11.8. The van der Waals surface area contributed by atoms with E-state index in [-0.39, 0.29) is 24.8 Å². The molecule has 1 amide bonds. The van der Waals surface area contributed by atoms with E-state index < -0.39 is 5.97 Å². The fourth-order valence-electron chi connectivity index (χ4n) is 1.85. The Morgan fingerprint density at radius 1 is 1.25 bits per heavy atom. The number of carbonyl (C=O) groups is 2. The lowest BCUT2D eigenvalue weighted by Gasteiger charge is -2.18. The van der Waals surface area contributed by atoms with E-state index in [4.69, 9.17) is 9.84 Å². The zero-order valence-electron chi connectivity index (χ0n) is 11.7. The van der Waals surface area contributed by atoms with Gasteiger partial charge < -0.3 is 15.2 Å². The highest BCUT2D eigenvalue weighted by atomic mass is 16.5. The Hall–Kier alpha value is -1.88. The first kappa shape index (κ1) is 16.2. The average Bonchev–Trinajstić information content (AvgIpc) is 2.44. The normalized spacial score (nSPS) is 11.8.